The van der Waals surface area contributed by atoms with Crippen LogP contribution in [0, 0.1) is 0 Å². The fourth-order valence-electron chi connectivity index (χ4n) is 2.34. The Morgan fingerprint density at radius 2 is 2.11 bits per heavy atom. The molecule has 0 amide bonds. The van der Waals surface area contributed by atoms with Crippen molar-refractivity contribution in [2.24, 2.45) is 0 Å². The topological polar surface area (TPSA) is 25.2 Å². The number of rotatable bonds is 6. The van der Waals surface area contributed by atoms with E-state index in [1.54, 1.807) is 0 Å². The van der Waals surface area contributed by atoms with E-state index in [0.29, 0.717) is 0 Å². The Kier molecular flexibility index (Phi) is 4.84. The lowest BCUT2D eigenvalue weighted by molar-refractivity contribution is 0.280. The molecule has 0 aliphatic carbocycles. The van der Waals surface area contributed by atoms with Gasteiger partial charge in [-0.25, -0.2) is 0 Å². The Morgan fingerprint density at radius 3 is 2.83 bits per heavy atom. The van der Waals surface area contributed by atoms with Gasteiger partial charge in [-0.2, -0.15) is 0 Å². The standard InChI is InChI=1S/C15H20BrNO/c1-2-3-5-12-11-17(8-4-9-18)15-7-6-13(16)10-14(12)15/h6-7,10-11,18H,2-5,8-9H2,1H3. The SMILES string of the molecule is CCCCc1cn(CCCO)c2ccc(Br)cc12. The van der Waals surface area contributed by atoms with Gasteiger partial charge in [-0.15, -0.1) is 0 Å². The van der Waals surface area contributed by atoms with E-state index in [9.17, 15) is 0 Å². The van der Waals surface area contributed by atoms with Gasteiger partial charge < -0.3 is 9.67 Å². The maximum absolute atomic E-state index is 8.97. The quantitative estimate of drug-likeness (QED) is 0.853. The van der Waals surface area contributed by atoms with E-state index < -0.39 is 0 Å². The van der Waals surface area contributed by atoms with Gasteiger partial charge in [-0.1, -0.05) is 29.3 Å². The zero-order valence-corrected chi connectivity index (χ0v) is 12.4. The van der Waals surface area contributed by atoms with Gasteiger partial charge in [0.25, 0.3) is 0 Å². The van der Waals surface area contributed by atoms with Gasteiger partial charge in [0.05, 0.1) is 0 Å². The molecule has 1 aromatic heterocycles. The van der Waals surface area contributed by atoms with Crippen molar-refractivity contribution in [1.82, 2.24) is 4.57 Å². The summed E-state index contributed by atoms with van der Waals surface area (Å²) in [4.78, 5) is 0. The van der Waals surface area contributed by atoms with E-state index in [1.165, 1.54) is 29.3 Å². The molecule has 0 aliphatic rings. The second-order valence-corrected chi connectivity index (χ2v) is 5.61. The molecular formula is C15H20BrNO. The Balaban J connectivity index is 2.39. The number of benzene rings is 1. The largest absolute Gasteiger partial charge is 0.396 e. The van der Waals surface area contributed by atoms with Crippen LogP contribution in [0.2, 0.25) is 0 Å². The van der Waals surface area contributed by atoms with Gasteiger partial charge in [0.2, 0.25) is 0 Å². The predicted octanol–water partition coefficient (Wildman–Crippen LogP) is 4.13. The maximum Gasteiger partial charge on any atom is 0.0483 e. The molecule has 0 aliphatic heterocycles. The maximum atomic E-state index is 8.97. The van der Waals surface area contributed by atoms with Gasteiger partial charge in [-0.3, -0.25) is 0 Å². The lowest BCUT2D eigenvalue weighted by atomic mass is 10.1. The molecule has 1 N–H and O–H groups in total. The van der Waals surface area contributed by atoms with Crippen molar-refractivity contribution in [3.8, 4) is 0 Å². The summed E-state index contributed by atoms with van der Waals surface area (Å²) in [5.74, 6) is 0. The molecule has 0 unspecified atom stereocenters. The monoisotopic (exact) mass is 309 g/mol. The van der Waals surface area contributed by atoms with Gasteiger partial charge >= 0.3 is 0 Å². The molecule has 0 radical (unpaired) electrons. The van der Waals surface area contributed by atoms with Gasteiger partial charge in [-0.05, 0) is 43.0 Å². The highest BCUT2D eigenvalue weighted by molar-refractivity contribution is 9.10. The fourth-order valence-corrected chi connectivity index (χ4v) is 2.70. The zero-order valence-electron chi connectivity index (χ0n) is 10.8. The highest BCUT2D eigenvalue weighted by Gasteiger charge is 2.08. The summed E-state index contributed by atoms with van der Waals surface area (Å²) in [5.41, 5.74) is 2.70. The molecular weight excluding hydrogens is 290 g/mol. The summed E-state index contributed by atoms with van der Waals surface area (Å²) in [7, 11) is 0. The molecule has 2 rings (SSSR count). The Morgan fingerprint density at radius 1 is 1.28 bits per heavy atom. The van der Waals surface area contributed by atoms with Crippen LogP contribution in [-0.4, -0.2) is 16.3 Å². The third kappa shape index (κ3) is 2.96. The summed E-state index contributed by atoms with van der Waals surface area (Å²) in [5, 5.41) is 10.3. The van der Waals surface area contributed by atoms with E-state index in [4.69, 9.17) is 5.11 Å². The second kappa shape index (κ2) is 6.39. The molecule has 0 spiro atoms. The molecule has 2 nitrogen and oxygen atoms in total. The lowest BCUT2D eigenvalue weighted by Crippen LogP contribution is -1.98. The highest BCUT2D eigenvalue weighted by Crippen LogP contribution is 2.26. The number of aliphatic hydroxyl groups excluding tert-OH is 1. The van der Waals surface area contributed by atoms with E-state index in [-0.39, 0.29) is 6.61 Å². The molecule has 2 aromatic rings. The molecule has 0 fully saturated rings. The zero-order chi connectivity index (χ0) is 13.0. The second-order valence-electron chi connectivity index (χ2n) is 4.69. The first-order valence-corrected chi connectivity index (χ1v) is 7.43. The average Bonchev–Trinajstić information content (AvgIpc) is 2.71. The normalized spacial score (nSPS) is 11.3. The van der Waals surface area contributed by atoms with E-state index in [0.717, 1.165) is 23.9 Å². The molecule has 18 heavy (non-hydrogen) atoms. The Hall–Kier alpha value is -0.800. The van der Waals surface area contributed by atoms with Crippen molar-refractivity contribution < 1.29 is 5.11 Å². The first-order chi connectivity index (χ1) is 8.76. The fraction of sp³-hybridized carbons (Fsp3) is 0.467. The van der Waals surface area contributed by atoms with Crippen molar-refractivity contribution in [2.45, 2.75) is 39.2 Å². The number of hydrogen-bond acceptors (Lipinski definition) is 1. The Bertz CT molecular complexity index is 518. The minimum atomic E-state index is 0.250. The van der Waals surface area contributed by atoms with Crippen molar-refractivity contribution in [3.63, 3.8) is 0 Å². The third-order valence-corrected chi connectivity index (χ3v) is 3.78. The van der Waals surface area contributed by atoms with E-state index in [2.05, 4.69) is 51.8 Å². The first kappa shape index (κ1) is 13.6. The number of hydrogen-bond donors (Lipinski definition) is 1. The summed E-state index contributed by atoms with van der Waals surface area (Å²) in [6.45, 7) is 3.36. The summed E-state index contributed by atoms with van der Waals surface area (Å²) in [6, 6.07) is 6.45. The number of nitrogens with zero attached hydrogens (tertiary/aromatic N) is 1. The number of aromatic nitrogens is 1. The van der Waals surface area contributed by atoms with Crippen LogP contribution in [0.1, 0.15) is 31.7 Å². The molecule has 0 bridgehead atoms. The lowest BCUT2D eigenvalue weighted by Gasteiger charge is -2.03. The van der Waals surface area contributed by atoms with Crippen LogP contribution in [-0.2, 0) is 13.0 Å². The van der Waals surface area contributed by atoms with Gasteiger partial charge in [0.15, 0.2) is 0 Å². The Labute approximate surface area is 117 Å². The van der Waals surface area contributed by atoms with Crippen molar-refractivity contribution in [2.75, 3.05) is 6.61 Å². The van der Waals surface area contributed by atoms with Crippen LogP contribution in [0.15, 0.2) is 28.9 Å². The minimum Gasteiger partial charge on any atom is -0.396 e. The molecule has 0 saturated heterocycles. The molecule has 0 atom stereocenters. The molecule has 0 saturated carbocycles. The van der Waals surface area contributed by atoms with E-state index in [1.807, 2.05) is 0 Å². The summed E-state index contributed by atoms with van der Waals surface area (Å²) in [6.07, 6.45) is 6.65. The minimum absolute atomic E-state index is 0.250. The van der Waals surface area contributed by atoms with Gasteiger partial charge in [0.1, 0.15) is 0 Å². The average molecular weight is 310 g/mol. The molecule has 1 heterocycles. The molecule has 3 heteroatoms. The number of aryl methyl sites for hydroxylation is 2. The van der Waals surface area contributed by atoms with Crippen LogP contribution in [0.5, 0.6) is 0 Å². The smallest absolute Gasteiger partial charge is 0.0483 e. The van der Waals surface area contributed by atoms with Crippen molar-refractivity contribution in [3.05, 3.63) is 34.4 Å². The van der Waals surface area contributed by atoms with Gasteiger partial charge in [0, 0.05) is 34.7 Å². The summed E-state index contributed by atoms with van der Waals surface area (Å²) >= 11 is 3.55. The summed E-state index contributed by atoms with van der Waals surface area (Å²) < 4.78 is 3.40. The number of fused-ring (bicyclic) bond motifs is 1. The van der Waals surface area contributed by atoms with Crippen LogP contribution in [0.25, 0.3) is 10.9 Å². The highest BCUT2D eigenvalue weighted by atomic mass is 79.9. The van der Waals surface area contributed by atoms with Crippen molar-refractivity contribution in [1.29, 1.82) is 0 Å². The van der Waals surface area contributed by atoms with E-state index >= 15 is 0 Å². The van der Waals surface area contributed by atoms with Crippen molar-refractivity contribution >= 4 is 26.8 Å². The van der Waals surface area contributed by atoms with Crippen LogP contribution >= 0.6 is 15.9 Å². The number of halogens is 1. The van der Waals surface area contributed by atoms with Crippen LogP contribution < -0.4 is 0 Å². The third-order valence-electron chi connectivity index (χ3n) is 3.28. The van der Waals surface area contributed by atoms with Crippen LogP contribution in [0.3, 0.4) is 0 Å². The van der Waals surface area contributed by atoms with Crippen LogP contribution in [0.4, 0.5) is 0 Å². The molecule has 1 aromatic carbocycles. The predicted molar refractivity (Wildman–Crippen MR) is 80.0 cm³/mol. The first-order valence-electron chi connectivity index (χ1n) is 6.64. The molecule has 98 valence electrons. The number of aliphatic hydroxyl groups is 1. The number of unbranched alkanes of at least 4 members (excludes halogenated alkanes) is 1.